The number of amides is 1. The van der Waals surface area contributed by atoms with E-state index in [4.69, 9.17) is 19.6 Å². The van der Waals surface area contributed by atoms with Gasteiger partial charge in [-0.3, -0.25) is 10.2 Å². The van der Waals surface area contributed by atoms with Crippen LogP contribution in [0.1, 0.15) is 46.4 Å². The predicted octanol–water partition coefficient (Wildman–Crippen LogP) is 8.01. The molecule has 1 amide bonds. The number of carbonyl (C=O) groups excluding carboxylic acids is 1. The molecular weight excluding hydrogens is 647 g/mol. The molecule has 0 aromatic heterocycles. The van der Waals surface area contributed by atoms with Gasteiger partial charge in [-0.15, -0.1) is 0 Å². The van der Waals surface area contributed by atoms with Crippen molar-refractivity contribution in [2.45, 2.75) is 30.5 Å². The van der Waals surface area contributed by atoms with E-state index >= 15 is 4.79 Å². The molecule has 2 aliphatic rings. The van der Waals surface area contributed by atoms with Crippen molar-refractivity contribution in [2.24, 2.45) is 4.99 Å². The summed E-state index contributed by atoms with van der Waals surface area (Å²) in [5, 5.41) is 9.16. The van der Waals surface area contributed by atoms with Gasteiger partial charge in [0.25, 0.3) is 5.91 Å². The number of ether oxygens (including phenoxy) is 2. The number of aliphatic hydroxyl groups is 1. The smallest absolute Gasteiger partial charge is 0.266 e. The van der Waals surface area contributed by atoms with Gasteiger partial charge in [-0.25, -0.2) is 10.4 Å². The quantitative estimate of drug-likeness (QED) is 0.0897. The Bertz CT molecular complexity index is 2140. The Balaban J connectivity index is 1.18. The van der Waals surface area contributed by atoms with E-state index in [1.807, 2.05) is 109 Å². The third-order valence-corrected chi connectivity index (χ3v) is 9.83. The average molecular weight is 686 g/mol. The first-order valence-corrected chi connectivity index (χ1v) is 17.7. The number of aliphatic imine (C=N–C) groups is 1. The average Bonchev–Trinajstić information content (AvgIpc) is 3.75. The molecule has 0 radical (unpaired) electrons. The lowest BCUT2D eigenvalue weighted by atomic mass is 9.82. The molecule has 0 fully saturated rings. The normalized spacial score (nSPS) is 17.5. The summed E-state index contributed by atoms with van der Waals surface area (Å²) in [5.41, 5.74) is 14.4. The number of nitrogens with zero attached hydrogens (tertiary/aromatic N) is 1. The number of carbonyl (C=O) groups is 1. The number of benzene rings is 6. The van der Waals surface area contributed by atoms with Crippen molar-refractivity contribution in [3.8, 4) is 28.0 Å². The van der Waals surface area contributed by atoms with Crippen LogP contribution < -0.4 is 15.6 Å². The number of aliphatic hydroxyl groups excluding tert-OH is 1. The fraction of sp³-hybridized carbons (Fsp3) is 0.156. The van der Waals surface area contributed by atoms with Gasteiger partial charge in [0.1, 0.15) is 5.75 Å². The highest BCUT2D eigenvalue weighted by Crippen LogP contribution is 2.45. The number of fused-ring (bicyclic) bond motifs is 3. The van der Waals surface area contributed by atoms with E-state index in [9.17, 15) is 0 Å². The van der Waals surface area contributed by atoms with Crippen molar-refractivity contribution >= 4 is 11.8 Å². The predicted molar refractivity (Wildman–Crippen MR) is 204 cm³/mol. The molecule has 1 heterocycles. The second-order valence-corrected chi connectivity index (χ2v) is 13.1. The standard InChI is InChI=1S/C45H39N3O4/c49-28-11-29-51-36-26-24-35(25-27-36)43-46-45(30-31-12-3-1-4-13-31,42(52-43)34-22-20-33(21-23-34)32-14-5-2-6-15-32)44(50)48-47-41-39-18-9-7-16-37(39)38-17-8-10-19-40(38)41/h1-10,12-27,41-42,47,49H,11,28-30H2,(H,48,50)/t42-,45-/m0/s1. The summed E-state index contributed by atoms with van der Waals surface area (Å²) in [6.45, 7) is 0.480. The highest BCUT2D eigenvalue weighted by Gasteiger charge is 2.53. The van der Waals surface area contributed by atoms with Crippen LogP contribution in [0.4, 0.5) is 0 Å². The highest BCUT2D eigenvalue weighted by atomic mass is 16.5. The fourth-order valence-corrected chi connectivity index (χ4v) is 7.23. The highest BCUT2D eigenvalue weighted by molar-refractivity contribution is 6.01. The van der Waals surface area contributed by atoms with E-state index in [1.165, 1.54) is 0 Å². The molecule has 2 atom stereocenters. The fourth-order valence-electron chi connectivity index (χ4n) is 7.23. The van der Waals surface area contributed by atoms with E-state index in [2.05, 4.69) is 59.4 Å². The molecule has 7 heteroatoms. The van der Waals surface area contributed by atoms with Gasteiger partial charge in [0.2, 0.25) is 5.90 Å². The summed E-state index contributed by atoms with van der Waals surface area (Å²) in [7, 11) is 0. The van der Waals surface area contributed by atoms with E-state index in [0.29, 0.717) is 31.1 Å². The SMILES string of the molecule is O=C(NNC1c2ccccc2-c2ccccc21)[C@@]1(Cc2ccccc2)N=C(c2ccc(OCCCO)cc2)O[C@H]1c1ccc(-c2ccccc2)cc1. The van der Waals surface area contributed by atoms with Gasteiger partial charge in [0, 0.05) is 25.0 Å². The summed E-state index contributed by atoms with van der Waals surface area (Å²) < 4.78 is 12.6. The zero-order valence-corrected chi connectivity index (χ0v) is 28.6. The van der Waals surface area contributed by atoms with Crippen LogP contribution in [0.2, 0.25) is 0 Å². The Morgan fingerprint density at radius 3 is 1.92 bits per heavy atom. The molecule has 3 N–H and O–H groups in total. The Morgan fingerprint density at radius 2 is 1.27 bits per heavy atom. The second kappa shape index (κ2) is 14.7. The molecule has 1 aliphatic carbocycles. The first-order valence-electron chi connectivity index (χ1n) is 17.7. The largest absolute Gasteiger partial charge is 0.494 e. The van der Waals surface area contributed by atoms with Crippen LogP contribution >= 0.6 is 0 Å². The first kappa shape index (κ1) is 33.1. The number of rotatable bonds is 12. The maximum Gasteiger partial charge on any atom is 0.266 e. The lowest BCUT2D eigenvalue weighted by Gasteiger charge is -2.31. The molecule has 0 bridgehead atoms. The van der Waals surface area contributed by atoms with Gasteiger partial charge in [0.15, 0.2) is 11.6 Å². The third-order valence-electron chi connectivity index (χ3n) is 9.83. The monoisotopic (exact) mass is 685 g/mol. The zero-order valence-electron chi connectivity index (χ0n) is 28.6. The molecule has 52 heavy (non-hydrogen) atoms. The lowest BCUT2D eigenvalue weighted by molar-refractivity contribution is -0.130. The molecule has 0 saturated carbocycles. The van der Waals surface area contributed by atoms with Gasteiger partial charge in [-0.2, -0.15) is 0 Å². The number of hydrogen-bond acceptors (Lipinski definition) is 6. The van der Waals surface area contributed by atoms with Gasteiger partial charge in [0.05, 0.1) is 12.6 Å². The van der Waals surface area contributed by atoms with Crippen molar-refractivity contribution in [2.75, 3.05) is 13.2 Å². The van der Waals surface area contributed by atoms with Crippen LogP contribution in [0.25, 0.3) is 22.3 Å². The first-order chi connectivity index (χ1) is 25.6. The van der Waals surface area contributed by atoms with E-state index in [0.717, 1.165) is 50.1 Å². The Hall–Kier alpha value is -6.02. The molecule has 8 rings (SSSR count). The molecule has 0 saturated heterocycles. The van der Waals surface area contributed by atoms with Crippen LogP contribution in [-0.2, 0) is 16.0 Å². The molecule has 258 valence electrons. The van der Waals surface area contributed by atoms with Crippen LogP contribution in [0.5, 0.6) is 5.75 Å². The molecule has 6 aromatic carbocycles. The van der Waals surface area contributed by atoms with E-state index < -0.39 is 11.6 Å². The minimum Gasteiger partial charge on any atom is -0.494 e. The van der Waals surface area contributed by atoms with E-state index in [-0.39, 0.29) is 18.6 Å². The van der Waals surface area contributed by atoms with Gasteiger partial charge < -0.3 is 14.6 Å². The minimum absolute atomic E-state index is 0.0661. The van der Waals surface area contributed by atoms with Gasteiger partial charge in [-0.1, -0.05) is 133 Å². The molecule has 1 aliphatic heterocycles. The van der Waals surface area contributed by atoms with Crippen LogP contribution in [-0.4, -0.2) is 35.7 Å². The Morgan fingerprint density at radius 1 is 0.692 bits per heavy atom. The van der Waals surface area contributed by atoms with Crippen molar-refractivity contribution in [3.63, 3.8) is 0 Å². The van der Waals surface area contributed by atoms with Crippen LogP contribution in [0.15, 0.2) is 163 Å². The Kier molecular flexibility index (Phi) is 9.36. The molecule has 6 aromatic rings. The number of hydrazine groups is 1. The molecule has 0 spiro atoms. The molecular formula is C45H39N3O4. The van der Waals surface area contributed by atoms with Gasteiger partial charge in [-0.05, 0) is 68.8 Å². The maximum atomic E-state index is 15.0. The lowest BCUT2D eigenvalue weighted by Crippen LogP contribution is -2.54. The van der Waals surface area contributed by atoms with Crippen molar-refractivity contribution in [1.29, 1.82) is 0 Å². The topological polar surface area (TPSA) is 92.2 Å². The number of nitrogens with one attached hydrogen (secondary N) is 2. The van der Waals surface area contributed by atoms with Gasteiger partial charge >= 0.3 is 0 Å². The minimum atomic E-state index is -1.37. The van der Waals surface area contributed by atoms with Crippen molar-refractivity contribution in [3.05, 3.63) is 186 Å². The molecule has 0 unspecified atom stereocenters. The molecule has 7 nitrogen and oxygen atoms in total. The van der Waals surface area contributed by atoms with Crippen LogP contribution in [0.3, 0.4) is 0 Å². The number of hydrogen-bond donors (Lipinski definition) is 3. The zero-order chi connectivity index (χ0) is 35.3. The Labute approximate surface area is 303 Å². The van der Waals surface area contributed by atoms with Crippen molar-refractivity contribution in [1.82, 2.24) is 10.9 Å². The van der Waals surface area contributed by atoms with Crippen LogP contribution in [0, 0.1) is 0 Å². The summed E-state index contributed by atoms with van der Waals surface area (Å²) in [4.78, 5) is 20.2. The van der Waals surface area contributed by atoms with Crippen molar-refractivity contribution < 1.29 is 19.4 Å². The summed E-state index contributed by atoms with van der Waals surface area (Å²) >= 11 is 0. The summed E-state index contributed by atoms with van der Waals surface area (Å²) in [6, 6.07) is 52.2. The maximum absolute atomic E-state index is 15.0. The third kappa shape index (κ3) is 6.48. The summed E-state index contributed by atoms with van der Waals surface area (Å²) in [6.07, 6.45) is 0.111. The van der Waals surface area contributed by atoms with E-state index in [1.54, 1.807) is 0 Å². The second-order valence-electron chi connectivity index (χ2n) is 13.1. The summed E-state index contributed by atoms with van der Waals surface area (Å²) in [5.74, 6) is 0.759.